The molecule has 1 atom stereocenters. The fourth-order valence-corrected chi connectivity index (χ4v) is 3.19. The number of carbonyl (C=O) groups excluding carboxylic acids is 1. The van der Waals surface area contributed by atoms with Gasteiger partial charge in [-0.2, -0.15) is 0 Å². The molecule has 124 valence electrons. The second-order valence-corrected chi connectivity index (χ2v) is 6.35. The summed E-state index contributed by atoms with van der Waals surface area (Å²) in [4.78, 5) is 26.1. The number of nitrogens with one attached hydrogen (secondary N) is 1. The maximum Gasteiger partial charge on any atom is 0.290 e. The van der Waals surface area contributed by atoms with Crippen molar-refractivity contribution in [1.82, 2.24) is 19.9 Å². The van der Waals surface area contributed by atoms with Gasteiger partial charge >= 0.3 is 0 Å². The summed E-state index contributed by atoms with van der Waals surface area (Å²) in [7, 11) is 0. The van der Waals surface area contributed by atoms with Crippen LogP contribution in [0.1, 0.15) is 34.8 Å². The fraction of sp³-hybridized carbons (Fsp3) is 0.235. The third-order valence-electron chi connectivity index (χ3n) is 4.13. The van der Waals surface area contributed by atoms with Gasteiger partial charge in [0.15, 0.2) is 5.82 Å². The second-order valence-electron chi connectivity index (χ2n) is 5.56. The van der Waals surface area contributed by atoms with Crippen LogP contribution in [0.4, 0.5) is 0 Å². The van der Waals surface area contributed by atoms with Crippen LogP contribution in [-0.4, -0.2) is 32.3 Å². The van der Waals surface area contributed by atoms with E-state index in [0.29, 0.717) is 33.8 Å². The van der Waals surface area contributed by atoms with Gasteiger partial charge in [0.05, 0.1) is 16.4 Å². The summed E-state index contributed by atoms with van der Waals surface area (Å²) < 4.78 is 0. The van der Waals surface area contributed by atoms with Crippen LogP contribution >= 0.6 is 23.2 Å². The van der Waals surface area contributed by atoms with Crippen LogP contribution in [0.15, 0.2) is 24.8 Å². The van der Waals surface area contributed by atoms with Crippen molar-refractivity contribution in [2.24, 2.45) is 0 Å². The quantitative estimate of drug-likeness (QED) is 0.832. The Kier molecular flexibility index (Phi) is 4.47. The SMILES string of the molecule is C=C/C(Cl)=c1/nc(C(=O)N2CCc3nc(Cl)ccc3C2C)[nH]c1=C. The predicted molar refractivity (Wildman–Crippen MR) is 95.2 cm³/mol. The number of rotatable bonds is 2. The number of hydrogen-bond acceptors (Lipinski definition) is 3. The number of aromatic amines is 1. The summed E-state index contributed by atoms with van der Waals surface area (Å²) in [5, 5.41) is 1.74. The highest BCUT2D eigenvalue weighted by Gasteiger charge is 2.30. The molecule has 1 aliphatic rings. The molecule has 0 radical (unpaired) electrons. The Morgan fingerprint density at radius 1 is 1.46 bits per heavy atom. The monoisotopic (exact) mass is 362 g/mol. The van der Waals surface area contributed by atoms with Crippen molar-refractivity contribution in [2.45, 2.75) is 19.4 Å². The Bertz CT molecular complexity index is 935. The number of allylic oxidation sites excluding steroid dienone is 1. The molecule has 3 heterocycles. The van der Waals surface area contributed by atoms with Crippen molar-refractivity contribution in [3.05, 3.63) is 57.7 Å². The van der Waals surface area contributed by atoms with Crippen LogP contribution in [0.5, 0.6) is 0 Å². The van der Waals surface area contributed by atoms with Crippen molar-refractivity contribution in [3.8, 4) is 0 Å². The molecule has 0 bridgehead atoms. The maximum atomic E-state index is 12.8. The Morgan fingerprint density at radius 3 is 2.92 bits per heavy atom. The van der Waals surface area contributed by atoms with Gasteiger partial charge in [0, 0.05) is 18.7 Å². The molecule has 2 aromatic heterocycles. The molecule has 2 aromatic rings. The van der Waals surface area contributed by atoms with E-state index < -0.39 is 0 Å². The van der Waals surface area contributed by atoms with Crippen LogP contribution in [0.25, 0.3) is 11.6 Å². The number of H-pyrrole nitrogens is 1. The van der Waals surface area contributed by atoms with E-state index in [-0.39, 0.29) is 17.8 Å². The van der Waals surface area contributed by atoms with Crippen molar-refractivity contribution < 1.29 is 4.79 Å². The third-order valence-corrected chi connectivity index (χ3v) is 4.67. The summed E-state index contributed by atoms with van der Waals surface area (Å²) in [6.07, 6.45) is 2.12. The van der Waals surface area contributed by atoms with Crippen LogP contribution in [0.2, 0.25) is 5.15 Å². The molecule has 1 unspecified atom stereocenters. The highest BCUT2D eigenvalue weighted by Crippen LogP contribution is 2.29. The smallest absolute Gasteiger partial charge is 0.290 e. The lowest BCUT2D eigenvalue weighted by atomic mass is 9.98. The summed E-state index contributed by atoms with van der Waals surface area (Å²) in [5.74, 6) is 0.0139. The molecule has 5 nitrogen and oxygen atoms in total. The first-order valence-corrected chi connectivity index (χ1v) is 8.21. The number of imidazole rings is 1. The molecule has 0 aliphatic carbocycles. The molecule has 1 aliphatic heterocycles. The zero-order valence-electron chi connectivity index (χ0n) is 13.1. The molecular formula is C17H16Cl2N4O. The number of amides is 1. The third kappa shape index (κ3) is 2.85. The van der Waals surface area contributed by atoms with Gasteiger partial charge in [-0.3, -0.25) is 4.79 Å². The lowest BCUT2D eigenvalue weighted by Crippen LogP contribution is -2.39. The van der Waals surface area contributed by atoms with Crippen LogP contribution < -0.4 is 10.7 Å². The average Bonchev–Trinajstić information content (AvgIpc) is 2.95. The van der Waals surface area contributed by atoms with E-state index in [0.717, 1.165) is 11.3 Å². The topological polar surface area (TPSA) is 61.9 Å². The van der Waals surface area contributed by atoms with Gasteiger partial charge in [-0.05, 0) is 24.6 Å². The van der Waals surface area contributed by atoms with Crippen molar-refractivity contribution in [3.63, 3.8) is 0 Å². The standard InChI is InChI=1S/C17H16Cl2N4O/c1-4-12(18)15-9(2)20-16(22-15)17(24)23-8-7-13-11(10(23)3)5-6-14(19)21-13/h4-6,10H,1-2,7-8H2,3H3,(H,20,22)/b15-12-. The van der Waals surface area contributed by atoms with E-state index in [4.69, 9.17) is 23.2 Å². The van der Waals surface area contributed by atoms with Gasteiger partial charge in [0.2, 0.25) is 0 Å². The first kappa shape index (κ1) is 16.7. The number of aromatic nitrogens is 3. The average molecular weight is 363 g/mol. The van der Waals surface area contributed by atoms with E-state index in [2.05, 4.69) is 28.1 Å². The van der Waals surface area contributed by atoms with Gasteiger partial charge in [-0.25, -0.2) is 9.97 Å². The normalized spacial score (nSPS) is 18.1. The molecule has 0 saturated heterocycles. The van der Waals surface area contributed by atoms with Crippen molar-refractivity contribution in [2.75, 3.05) is 6.54 Å². The Balaban J connectivity index is 1.96. The zero-order valence-corrected chi connectivity index (χ0v) is 14.7. The van der Waals surface area contributed by atoms with Gasteiger partial charge in [-0.1, -0.05) is 42.4 Å². The number of nitrogens with zero attached hydrogens (tertiary/aromatic N) is 3. The van der Waals surface area contributed by atoms with Gasteiger partial charge in [-0.15, -0.1) is 0 Å². The Hall–Kier alpha value is -2.11. The predicted octanol–water partition coefficient (Wildman–Crippen LogP) is 2.16. The van der Waals surface area contributed by atoms with E-state index in [1.54, 1.807) is 11.0 Å². The fourth-order valence-electron chi connectivity index (χ4n) is 2.87. The van der Waals surface area contributed by atoms with Crippen molar-refractivity contribution >= 4 is 40.7 Å². The summed E-state index contributed by atoms with van der Waals surface area (Å²) >= 11 is 12.0. The van der Waals surface area contributed by atoms with Gasteiger partial charge < -0.3 is 9.88 Å². The minimum Gasteiger partial charge on any atom is -0.334 e. The minimum atomic E-state index is -0.201. The molecule has 0 fully saturated rings. The van der Waals surface area contributed by atoms with Crippen LogP contribution in [-0.2, 0) is 6.42 Å². The molecule has 3 rings (SSSR count). The van der Waals surface area contributed by atoms with E-state index >= 15 is 0 Å². The molecule has 1 N–H and O–H groups in total. The Morgan fingerprint density at radius 2 is 2.21 bits per heavy atom. The first-order valence-electron chi connectivity index (χ1n) is 7.46. The molecule has 7 heteroatoms. The molecule has 1 amide bonds. The van der Waals surface area contributed by atoms with E-state index in [1.165, 1.54) is 6.08 Å². The highest BCUT2D eigenvalue weighted by atomic mass is 35.5. The molecule has 24 heavy (non-hydrogen) atoms. The van der Waals surface area contributed by atoms with Crippen molar-refractivity contribution in [1.29, 1.82) is 0 Å². The Labute approximate surface area is 149 Å². The number of carbonyl (C=O) groups is 1. The number of hydrogen-bond donors (Lipinski definition) is 1. The van der Waals surface area contributed by atoms with Gasteiger partial charge in [0.1, 0.15) is 10.5 Å². The summed E-state index contributed by atoms with van der Waals surface area (Å²) in [5.41, 5.74) is 1.93. The lowest BCUT2D eigenvalue weighted by molar-refractivity contribution is 0.0664. The van der Waals surface area contributed by atoms with E-state index in [1.807, 2.05) is 13.0 Å². The van der Waals surface area contributed by atoms with Crippen LogP contribution in [0.3, 0.4) is 0 Å². The number of pyridine rings is 1. The largest absolute Gasteiger partial charge is 0.334 e. The first-order chi connectivity index (χ1) is 11.4. The molecule has 0 saturated carbocycles. The van der Waals surface area contributed by atoms with Gasteiger partial charge in [0.25, 0.3) is 5.91 Å². The number of fused-ring (bicyclic) bond motifs is 1. The second kappa shape index (κ2) is 6.42. The lowest BCUT2D eigenvalue weighted by Gasteiger charge is -2.34. The molecular weight excluding hydrogens is 347 g/mol. The zero-order chi connectivity index (χ0) is 17.4. The van der Waals surface area contributed by atoms with E-state index in [9.17, 15) is 4.79 Å². The minimum absolute atomic E-state index is 0.119. The van der Waals surface area contributed by atoms with Crippen LogP contribution in [0, 0.1) is 0 Å². The molecule has 0 spiro atoms. The summed E-state index contributed by atoms with van der Waals surface area (Å²) in [6.45, 7) is 9.94. The number of halogens is 2. The molecule has 0 aromatic carbocycles. The maximum absolute atomic E-state index is 12.8. The highest BCUT2D eigenvalue weighted by molar-refractivity contribution is 6.47. The summed E-state index contributed by atoms with van der Waals surface area (Å²) in [6, 6.07) is 3.53.